The Hall–Kier alpha value is -1.95. The van der Waals surface area contributed by atoms with E-state index in [0.29, 0.717) is 22.9 Å². The molecule has 21 heavy (non-hydrogen) atoms. The number of carbonyl (C=O) groups excluding carboxylic acids is 2. The van der Waals surface area contributed by atoms with E-state index >= 15 is 0 Å². The average Bonchev–Trinajstić information content (AvgIpc) is 2.43. The predicted molar refractivity (Wildman–Crippen MR) is 83.5 cm³/mol. The van der Waals surface area contributed by atoms with Crippen LogP contribution in [-0.2, 0) is 9.53 Å². The Morgan fingerprint density at radius 1 is 1.38 bits per heavy atom. The van der Waals surface area contributed by atoms with E-state index in [1.54, 1.807) is 20.9 Å². The molecule has 0 fully saturated rings. The van der Waals surface area contributed by atoms with Crippen LogP contribution in [0, 0.1) is 5.41 Å². The highest BCUT2D eigenvalue weighted by Gasteiger charge is 2.27. The first-order valence-electron chi connectivity index (χ1n) is 6.36. The minimum Gasteiger partial charge on any atom is -0.465 e. The first kappa shape index (κ1) is 17.1. The summed E-state index contributed by atoms with van der Waals surface area (Å²) >= 11 is 6.13. The molecule has 0 radical (unpaired) electrons. The Balaban J connectivity index is 3.08. The quantitative estimate of drug-likeness (QED) is 0.570. The van der Waals surface area contributed by atoms with Crippen molar-refractivity contribution in [2.24, 2.45) is 5.41 Å². The second-order valence-corrected chi connectivity index (χ2v) is 5.64. The Labute approximate surface area is 129 Å². The van der Waals surface area contributed by atoms with Crippen LogP contribution < -0.4 is 16.4 Å². The fraction of sp³-hybridized carbons (Fsp3) is 0.429. The minimum atomic E-state index is -0.674. The number of ether oxygens (including phenoxy) is 1. The predicted octanol–water partition coefficient (Wildman–Crippen LogP) is 1.89. The molecule has 116 valence electrons. The summed E-state index contributed by atoms with van der Waals surface area (Å²) in [4.78, 5) is 23.6. The summed E-state index contributed by atoms with van der Waals surface area (Å²) in [6.45, 7) is 3.85. The SMILES string of the molecule is CNC(=O)C(C)(C)CNc1c(Cl)cc(N)cc1C(=O)OC. The summed E-state index contributed by atoms with van der Waals surface area (Å²) < 4.78 is 4.72. The molecule has 0 aliphatic heterocycles. The van der Waals surface area contributed by atoms with E-state index in [9.17, 15) is 9.59 Å². The van der Waals surface area contributed by atoms with E-state index in [0.717, 1.165) is 0 Å². The van der Waals surface area contributed by atoms with Crippen molar-refractivity contribution in [1.29, 1.82) is 0 Å². The van der Waals surface area contributed by atoms with Gasteiger partial charge in [0.2, 0.25) is 5.91 Å². The number of rotatable bonds is 5. The van der Waals surface area contributed by atoms with Gasteiger partial charge in [-0.25, -0.2) is 4.79 Å². The number of hydrogen-bond acceptors (Lipinski definition) is 5. The van der Waals surface area contributed by atoms with Crippen LogP contribution in [0.25, 0.3) is 0 Å². The first-order chi connectivity index (χ1) is 9.72. The molecule has 0 unspecified atom stereocenters. The van der Waals surface area contributed by atoms with Gasteiger partial charge in [0.25, 0.3) is 0 Å². The molecule has 1 aromatic rings. The maximum atomic E-state index is 11.8. The molecular formula is C14H20ClN3O3. The number of amides is 1. The molecule has 0 saturated heterocycles. The van der Waals surface area contributed by atoms with Crippen LogP contribution in [0.2, 0.25) is 5.02 Å². The second kappa shape index (κ2) is 6.67. The zero-order valence-corrected chi connectivity index (χ0v) is 13.3. The summed E-state index contributed by atoms with van der Waals surface area (Å²) in [6.07, 6.45) is 0. The number of nitrogens with one attached hydrogen (secondary N) is 2. The molecule has 1 amide bonds. The molecule has 7 heteroatoms. The number of nitrogens with two attached hydrogens (primary N) is 1. The van der Waals surface area contributed by atoms with Gasteiger partial charge in [-0.05, 0) is 26.0 Å². The molecule has 0 spiro atoms. The highest BCUT2D eigenvalue weighted by molar-refractivity contribution is 6.34. The van der Waals surface area contributed by atoms with Crippen molar-refractivity contribution in [1.82, 2.24) is 5.32 Å². The number of methoxy groups -OCH3 is 1. The molecule has 0 bridgehead atoms. The van der Waals surface area contributed by atoms with Gasteiger partial charge in [0.05, 0.1) is 28.8 Å². The van der Waals surface area contributed by atoms with E-state index in [1.165, 1.54) is 19.2 Å². The lowest BCUT2D eigenvalue weighted by Gasteiger charge is -2.24. The van der Waals surface area contributed by atoms with Gasteiger partial charge < -0.3 is 21.1 Å². The van der Waals surface area contributed by atoms with Gasteiger partial charge in [-0.1, -0.05) is 11.6 Å². The lowest BCUT2D eigenvalue weighted by molar-refractivity contribution is -0.128. The standard InChI is InChI=1S/C14H20ClN3O3/c1-14(2,13(20)17-3)7-18-11-9(12(19)21-4)5-8(16)6-10(11)15/h5-6,18H,7,16H2,1-4H3,(H,17,20). The maximum absolute atomic E-state index is 11.8. The van der Waals surface area contributed by atoms with Gasteiger partial charge in [-0.15, -0.1) is 0 Å². The monoisotopic (exact) mass is 313 g/mol. The molecule has 6 nitrogen and oxygen atoms in total. The van der Waals surface area contributed by atoms with Crippen LogP contribution in [0.5, 0.6) is 0 Å². The van der Waals surface area contributed by atoms with E-state index in [2.05, 4.69) is 10.6 Å². The topological polar surface area (TPSA) is 93.5 Å². The third-order valence-corrected chi connectivity index (χ3v) is 3.36. The summed E-state index contributed by atoms with van der Waals surface area (Å²) in [5.41, 5.74) is 6.00. The van der Waals surface area contributed by atoms with E-state index < -0.39 is 11.4 Å². The molecule has 0 aliphatic carbocycles. The van der Waals surface area contributed by atoms with Crippen molar-refractivity contribution >= 4 is 34.9 Å². The minimum absolute atomic E-state index is 0.124. The maximum Gasteiger partial charge on any atom is 0.340 e. The third-order valence-electron chi connectivity index (χ3n) is 3.07. The smallest absolute Gasteiger partial charge is 0.340 e. The normalized spacial score (nSPS) is 10.9. The van der Waals surface area contributed by atoms with Crippen LogP contribution in [0.15, 0.2) is 12.1 Å². The number of hydrogen-bond donors (Lipinski definition) is 3. The number of esters is 1. The van der Waals surface area contributed by atoms with Gasteiger partial charge in [-0.3, -0.25) is 4.79 Å². The molecule has 0 saturated carbocycles. The number of carbonyl (C=O) groups is 2. The molecule has 1 rings (SSSR count). The lowest BCUT2D eigenvalue weighted by Crippen LogP contribution is -2.39. The van der Waals surface area contributed by atoms with Gasteiger partial charge in [0.15, 0.2) is 0 Å². The number of anilines is 2. The molecule has 0 heterocycles. The molecular weight excluding hydrogens is 294 g/mol. The van der Waals surface area contributed by atoms with Gasteiger partial charge in [0, 0.05) is 19.3 Å². The van der Waals surface area contributed by atoms with Crippen molar-refractivity contribution in [3.05, 3.63) is 22.7 Å². The van der Waals surface area contributed by atoms with Crippen LogP contribution in [0.3, 0.4) is 0 Å². The lowest BCUT2D eigenvalue weighted by atomic mass is 9.92. The van der Waals surface area contributed by atoms with Crippen molar-refractivity contribution in [3.8, 4) is 0 Å². The average molecular weight is 314 g/mol. The van der Waals surface area contributed by atoms with Gasteiger partial charge in [-0.2, -0.15) is 0 Å². The Morgan fingerprint density at radius 2 is 2.00 bits per heavy atom. The Kier molecular flexibility index (Phi) is 5.43. The highest BCUT2D eigenvalue weighted by atomic mass is 35.5. The van der Waals surface area contributed by atoms with E-state index in [4.69, 9.17) is 22.1 Å². The number of nitrogen functional groups attached to an aromatic ring is 1. The van der Waals surface area contributed by atoms with E-state index in [-0.39, 0.29) is 11.5 Å². The zero-order valence-electron chi connectivity index (χ0n) is 12.5. The van der Waals surface area contributed by atoms with Gasteiger partial charge in [0.1, 0.15) is 0 Å². The molecule has 1 aromatic carbocycles. The third kappa shape index (κ3) is 4.01. The van der Waals surface area contributed by atoms with Crippen LogP contribution in [0.1, 0.15) is 24.2 Å². The van der Waals surface area contributed by atoms with Crippen molar-refractivity contribution in [2.75, 3.05) is 31.8 Å². The molecule has 0 atom stereocenters. The molecule has 4 N–H and O–H groups in total. The number of halogens is 1. The van der Waals surface area contributed by atoms with Crippen molar-refractivity contribution in [2.45, 2.75) is 13.8 Å². The summed E-state index contributed by atoms with van der Waals surface area (Å²) in [6, 6.07) is 3.01. The summed E-state index contributed by atoms with van der Waals surface area (Å²) in [5, 5.41) is 5.92. The highest BCUT2D eigenvalue weighted by Crippen LogP contribution is 2.31. The van der Waals surface area contributed by atoms with E-state index in [1.807, 2.05) is 0 Å². The van der Waals surface area contributed by atoms with Crippen molar-refractivity contribution < 1.29 is 14.3 Å². The molecule has 0 aliphatic rings. The summed E-state index contributed by atoms with van der Waals surface area (Å²) in [5.74, 6) is -0.675. The first-order valence-corrected chi connectivity index (χ1v) is 6.74. The Bertz CT molecular complexity index is 559. The van der Waals surface area contributed by atoms with Crippen molar-refractivity contribution in [3.63, 3.8) is 0 Å². The zero-order chi connectivity index (χ0) is 16.2. The number of benzene rings is 1. The Morgan fingerprint density at radius 3 is 2.52 bits per heavy atom. The van der Waals surface area contributed by atoms with Gasteiger partial charge >= 0.3 is 5.97 Å². The van der Waals surface area contributed by atoms with Crippen LogP contribution >= 0.6 is 11.6 Å². The molecule has 0 aromatic heterocycles. The fourth-order valence-corrected chi connectivity index (χ4v) is 2.10. The summed E-state index contributed by atoms with van der Waals surface area (Å²) in [7, 11) is 2.85. The fourth-order valence-electron chi connectivity index (χ4n) is 1.81. The van der Waals surface area contributed by atoms with Crippen LogP contribution in [0.4, 0.5) is 11.4 Å². The largest absolute Gasteiger partial charge is 0.465 e. The van der Waals surface area contributed by atoms with Crippen LogP contribution in [-0.4, -0.2) is 32.6 Å². The second-order valence-electron chi connectivity index (χ2n) is 5.23.